The Morgan fingerprint density at radius 3 is 2.21 bits per heavy atom. The fourth-order valence-electron chi connectivity index (χ4n) is 3.74. The van der Waals surface area contributed by atoms with Crippen molar-refractivity contribution in [2.75, 3.05) is 37.3 Å². The molecule has 2 amide bonds. The summed E-state index contributed by atoms with van der Waals surface area (Å²) in [5.74, 6) is 0.749. The minimum Gasteiger partial charge on any atom is -0.493 e. The maximum Gasteiger partial charge on any atom is 0.274 e. The number of methoxy groups -OCH3 is 3. The Hall–Kier alpha value is -5.06. The number of hydrogen-bond acceptors (Lipinski definition) is 8. The van der Waals surface area contributed by atoms with Crippen molar-refractivity contribution >= 4 is 34.6 Å². The van der Waals surface area contributed by atoms with Gasteiger partial charge in [0.1, 0.15) is 11.4 Å². The highest BCUT2D eigenvalue weighted by molar-refractivity contribution is 6.05. The molecular weight excluding hydrogens is 488 g/mol. The first kappa shape index (κ1) is 26.0. The SMILES string of the molecule is COc1cc(Nc2ccnc(C(=O)Nc3ccc(C)c(NC(=O)c4cncn4C)c3)c2)cc(OC)c1OC. The molecule has 2 aromatic carbocycles. The number of pyridine rings is 1. The van der Waals surface area contributed by atoms with Crippen molar-refractivity contribution in [2.24, 2.45) is 7.05 Å². The van der Waals surface area contributed by atoms with Gasteiger partial charge in [0.15, 0.2) is 11.5 Å². The number of imidazole rings is 1. The predicted octanol–water partition coefficient (Wildman–Crippen LogP) is 4.40. The van der Waals surface area contributed by atoms with Gasteiger partial charge in [-0.2, -0.15) is 0 Å². The molecule has 2 heterocycles. The largest absolute Gasteiger partial charge is 0.493 e. The molecule has 4 rings (SSSR count). The van der Waals surface area contributed by atoms with Crippen LogP contribution in [0.25, 0.3) is 0 Å². The molecule has 0 fully saturated rings. The van der Waals surface area contributed by atoms with Crippen molar-refractivity contribution in [1.29, 1.82) is 0 Å². The van der Waals surface area contributed by atoms with E-state index in [9.17, 15) is 9.59 Å². The van der Waals surface area contributed by atoms with Crippen LogP contribution in [0.4, 0.5) is 22.7 Å². The molecule has 0 saturated heterocycles. The van der Waals surface area contributed by atoms with Gasteiger partial charge in [0.25, 0.3) is 11.8 Å². The number of ether oxygens (including phenoxy) is 3. The molecule has 0 unspecified atom stereocenters. The third kappa shape index (κ3) is 5.67. The summed E-state index contributed by atoms with van der Waals surface area (Å²) >= 11 is 0. The molecule has 4 aromatic rings. The molecule has 3 N–H and O–H groups in total. The summed E-state index contributed by atoms with van der Waals surface area (Å²) in [5, 5.41) is 8.93. The van der Waals surface area contributed by atoms with Crippen LogP contribution >= 0.6 is 0 Å². The normalized spacial score (nSPS) is 10.4. The van der Waals surface area contributed by atoms with Crippen LogP contribution < -0.4 is 30.2 Å². The number of benzene rings is 2. The Labute approximate surface area is 219 Å². The second-order valence-corrected chi connectivity index (χ2v) is 8.30. The first-order valence-corrected chi connectivity index (χ1v) is 11.6. The average molecular weight is 517 g/mol. The van der Waals surface area contributed by atoms with E-state index in [1.54, 1.807) is 54.3 Å². The molecule has 38 heavy (non-hydrogen) atoms. The Bertz CT molecular complexity index is 1460. The van der Waals surface area contributed by atoms with Crippen LogP contribution in [-0.2, 0) is 7.05 Å². The maximum absolute atomic E-state index is 13.0. The van der Waals surface area contributed by atoms with Crippen LogP contribution in [0.2, 0.25) is 0 Å². The third-order valence-electron chi connectivity index (χ3n) is 5.74. The van der Waals surface area contributed by atoms with Gasteiger partial charge < -0.3 is 34.7 Å². The first-order chi connectivity index (χ1) is 18.3. The molecule has 2 aromatic heterocycles. The van der Waals surface area contributed by atoms with E-state index in [1.807, 2.05) is 13.0 Å². The minimum atomic E-state index is -0.411. The van der Waals surface area contributed by atoms with Crippen LogP contribution in [0, 0.1) is 6.92 Å². The smallest absolute Gasteiger partial charge is 0.274 e. The van der Waals surface area contributed by atoms with Gasteiger partial charge in [-0.1, -0.05) is 6.07 Å². The molecule has 11 nitrogen and oxygen atoms in total. The van der Waals surface area contributed by atoms with Crippen LogP contribution in [-0.4, -0.2) is 47.7 Å². The van der Waals surface area contributed by atoms with E-state index in [0.29, 0.717) is 45.7 Å². The van der Waals surface area contributed by atoms with Gasteiger partial charge in [0, 0.05) is 48.1 Å². The molecule has 0 radical (unpaired) electrons. The quantitative estimate of drug-likeness (QED) is 0.299. The number of aryl methyl sites for hydroxylation is 2. The molecular formula is C27H28N6O5. The summed E-state index contributed by atoms with van der Waals surface area (Å²) < 4.78 is 17.8. The summed E-state index contributed by atoms with van der Waals surface area (Å²) in [5.41, 5.74) is 3.83. The zero-order valence-corrected chi connectivity index (χ0v) is 21.7. The Balaban J connectivity index is 1.50. The number of aromatic nitrogens is 3. The lowest BCUT2D eigenvalue weighted by molar-refractivity contribution is 0.101. The summed E-state index contributed by atoms with van der Waals surface area (Å²) in [6, 6.07) is 12.1. The summed E-state index contributed by atoms with van der Waals surface area (Å²) in [6.45, 7) is 1.87. The molecule has 196 valence electrons. The molecule has 11 heteroatoms. The molecule has 0 aliphatic carbocycles. The fourth-order valence-corrected chi connectivity index (χ4v) is 3.74. The number of rotatable bonds is 9. The highest BCUT2D eigenvalue weighted by Crippen LogP contribution is 2.40. The number of carbonyl (C=O) groups excluding carboxylic acids is 2. The zero-order valence-electron chi connectivity index (χ0n) is 21.7. The van der Waals surface area contributed by atoms with Crippen molar-refractivity contribution in [1.82, 2.24) is 14.5 Å². The highest BCUT2D eigenvalue weighted by Gasteiger charge is 2.16. The monoisotopic (exact) mass is 516 g/mol. The average Bonchev–Trinajstić information content (AvgIpc) is 3.36. The highest BCUT2D eigenvalue weighted by atomic mass is 16.5. The standard InChI is InChI=1S/C27H28N6O5/c1-16-6-7-17(10-20(16)32-27(35)22-14-28-15-33(22)2)31-26(34)21-11-18(8-9-29-21)30-19-12-23(36-3)25(38-5)24(13-19)37-4/h6-15H,1-5H3,(H,29,30)(H,31,34)(H,32,35). The van der Waals surface area contributed by atoms with Gasteiger partial charge in [0.2, 0.25) is 5.75 Å². The van der Waals surface area contributed by atoms with Crippen LogP contribution in [0.5, 0.6) is 17.2 Å². The lowest BCUT2D eigenvalue weighted by Gasteiger charge is -2.15. The van der Waals surface area contributed by atoms with Crippen LogP contribution in [0.15, 0.2) is 61.2 Å². The first-order valence-electron chi connectivity index (χ1n) is 11.6. The number of nitrogens with one attached hydrogen (secondary N) is 3. The van der Waals surface area contributed by atoms with E-state index < -0.39 is 5.91 Å². The maximum atomic E-state index is 13.0. The van der Waals surface area contributed by atoms with E-state index in [1.165, 1.54) is 33.7 Å². The van der Waals surface area contributed by atoms with Gasteiger partial charge in [-0.15, -0.1) is 0 Å². The summed E-state index contributed by atoms with van der Waals surface area (Å²) in [7, 11) is 6.35. The van der Waals surface area contributed by atoms with E-state index >= 15 is 0 Å². The molecule has 0 aliphatic rings. The third-order valence-corrected chi connectivity index (χ3v) is 5.74. The van der Waals surface area contributed by atoms with Crippen molar-refractivity contribution in [3.05, 3.63) is 78.1 Å². The van der Waals surface area contributed by atoms with Crippen LogP contribution in [0.1, 0.15) is 26.5 Å². The van der Waals surface area contributed by atoms with E-state index in [-0.39, 0.29) is 11.6 Å². The van der Waals surface area contributed by atoms with Crippen molar-refractivity contribution in [2.45, 2.75) is 6.92 Å². The number of amides is 2. The van der Waals surface area contributed by atoms with Gasteiger partial charge in [0.05, 0.1) is 33.9 Å². The van der Waals surface area contributed by atoms with E-state index in [4.69, 9.17) is 14.2 Å². The topological polar surface area (TPSA) is 129 Å². The lowest BCUT2D eigenvalue weighted by Crippen LogP contribution is -2.17. The molecule has 0 spiro atoms. The van der Waals surface area contributed by atoms with Gasteiger partial charge in [-0.05, 0) is 36.8 Å². The predicted molar refractivity (Wildman–Crippen MR) is 144 cm³/mol. The Morgan fingerprint density at radius 1 is 0.842 bits per heavy atom. The van der Waals surface area contributed by atoms with Crippen LogP contribution in [0.3, 0.4) is 0 Å². The summed E-state index contributed by atoms with van der Waals surface area (Å²) in [6.07, 6.45) is 4.57. The lowest BCUT2D eigenvalue weighted by atomic mass is 10.1. The van der Waals surface area contributed by atoms with E-state index in [2.05, 4.69) is 25.9 Å². The zero-order chi connectivity index (χ0) is 27.2. The second-order valence-electron chi connectivity index (χ2n) is 8.30. The summed E-state index contributed by atoms with van der Waals surface area (Å²) in [4.78, 5) is 33.8. The van der Waals surface area contributed by atoms with E-state index in [0.717, 1.165) is 5.56 Å². The van der Waals surface area contributed by atoms with Gasteiger partial charge >= 0.3 is 0 Å². The molecule has 0 atom stereocenters. The van der Waals surface area contributed by atoms with Crippen molar-refractivity contribution in [3.63, 3.8) is 0 Å². The van der Waals surface area contributed by atoms with Gasteiger partial charge in [-0.25, -0.2) is 4.98 Å². The minimum absolute atomic E-state index is 0.198. The molecule has 0 saturated carbocycles. The second kappa shape index (κ2) is 11.3. The number of hydrogen-bond donors (Lipinski definition) is 3. The fraction of sp³-hybridized carbons (Fsp3) is 0.185. The van der Waals surface area contributed by atoms with Crippen molar-refractivity contribution in [3.8, 4) is 17.2 Å². The van der Waals surface area contributed by atoms with Gasteiger partial charge in [-0.3, -0.25) is 14.6 Å². The number of anilines is 4. The Morgan fingerprint density at radius 2 is 1.58 bits per heavy atom. The Kier molecular flexibility index (Phi) is 7.76. The number of carbonyl (C=O) groups is 2. The molecule has 0 bridgehead atoms. The molecule has 0 aliphatic heterocycles. The number of nitrogens with zero attached hydrogens (tertiary/aromatic N) is 3. The van der Waals surface area contributed by atoms with Crippen molar-refractivity contribution < 1.29 is 23.8 Å².